The van der Waals surface area contributed by atoms with Crippen LogP contribution in [0.1, 0.15) is 32.1 Å². The van der Waals surface area contributed by atoms with Gasteiger partial charge in [0.2, 0.25) is 0 Å². The molecule has 0 amide bonds. The van der Waals surface area contributed by atoms with Crippen molar-refractivity contribution in [2.24, 2.45) is 0 Å². The number of hydrogen-bond donors (Lipinski definition) is 1. The van der Waals surface area contributed by atoms with Gasteiger partial charge >= 0.3 is 0 Å². The van der Waals surface area contributed by atoms with Crippen LogP contribution in [0, 0.1) is 0 Å². The van der Waals surface area contributed by atoms with E-state index < -0.39 is 0 Å². The van der Waals surface area contributed by atoms with E-state index in [0.717, 1.165) is 19.1 Å². The first-order valence-electron chi connectivity index (χ1n) is 8.05. The van der Waals surface area contributed by atoms with Gasteiger partial charge in [-0.3, -0.25) is 9.80 Å². The van der Waals surface area contributed by atoms with Crippen LogP contribution in [0.5, 0.6) is 0 Å². The molecule has 0 bridgehead atoms. The molecule has 1 N–H and O–H groups in total. The van der Waals surface area contributed by atoms with E-state index in [2.05, 4.69) is 21.7 Å². The Kier molecular flexibility index (Phi) is 6.57. The van der Waals surface area contributed by atoms with Crippen molar-refractivity contribution in [3.8, 4) is 0 Å². The van der Waals surface area contributed by atoms with E-state index in [4.69, 9.17) is 0 Å². The maximum atomic E-state index is 9.28. The van der Waals surface area contributed by atoms with Crippen molar-refractivity contribution in [2.75, 3.05) is 59.5 Å². The summed E-state index contributed by atoms with van der Waals surface area (Å²) < 4.78 is 0. The molecule has 112 valence electrons. The van der Waals surface area contributed by atoms with Crippen LogP contribution in [0.2, 0.25) is 0 Å². The minimum atomic E-state index is 0.305. The van der Waals surface area contributed by atoms with Crippen LogP contribution in [0.4, 0.5) is 0 Å². The van der Waals surface area contributed by atoms with Crippen LogP contribution in [-0.2, 0) is 0 Å². The van der Waals surface area contributed by atoms with E-state index in [1.54, 1.807) is 0 Å². The van der Waals surface area contributed by atoms with E-state index in [1.807, 2.05) is 0 Å². The summed E-state index contributed by atoms with van der Waals surface area (Å²) in [5, 5.41) is 9.28. The number of aliphatic hydroxyl groups excluding tert-OH is 1. The average Bonchev–Trinajstić information content (AvgIpc) is 2.46. The molecule has 2 fully saturated rings. The molecule has 0 unspecified atom stereocenters. The second kappa shape index (κ2) is 8.20. The number of rotatable bonds is 6. The summed E-state index contributed by atoms with van der Waals surface area (Å²) in [4.78, 5) is 7.52. The summed E-state index contributed by atoms with van der Waals surface area (Å²) in [6.07, 6.45) is 6.83. The van der Waals surface area contributed by atoms with Gasteiger partial charge in [-0.1, -0.05) is 19.3 Å². The maximum Gasteiger partial charge on any atom is 0.0558 e. The summed E-state index contributed by atoms with van der Waals surface area (Å²) in [6, 6.07) is 0.730. The zero-order chi connectivity index (χ0) is 13.5. The monoisotopic (exact) mass is 269 g/mol. The molecular formula is C15H31N3O. The normalized spacial score (nSPS) is 24.2. The van der Waals surface area contributed by atoms with Crippen molar-refractivity contribution in [1.82, 2.24) is 14.7 Å². The van der Waals surface area contributed by atoms with Crippen LogP contribution in [0.15, 0.2) is 0 Å². The minimum absolute atomic E-state index is 0.305. The van der Waals surface area contributed by atoms with Gasteiger partial charge in [-0.15, -0.1) is 0 Å². The molecule has 2 rings (SSSR count). The minimum Gasteiger partial charge on any atom is -0.395 e. The molecule has 0 aromatic rings. The third kappa shape index (κ3) is 5.03. The lowest BCUT2D eigenvalue weighted by Gasteiger charge is -2.37. The van der Waals surface area contributed by atoms with Crippen LogP contribution in [0.25, 0.3) is 0 Å². The highest BCUT2D eigenvalue weighted by atomic mass is 16.3. The molecule has 1 saturated carbocycles. The Balaban J connectivity index is 1.73. The number of likely N-dealkylation sites (N-methyl/N-ethyl adjacent to an activating group) is 1. The fourth-order valence-corrected chi connectivity index (χ4v) is 3.39. The molecule has 0 aromatic heterocycles. The van der Waals surface area contributed by atoms with Crippen LogP contribution in [-0.4, -0.2) is 85.3 Å². The molecule has 0 atom stereocenters. The summed E-state index contributed by atoms with van der Waals surface area (Å²) in [7, 11) is 2.21. The first-order chi connectivity index (χ1) is 9.29. The SMILES string of the molecule is CN1CCN(CCN(CCO)C2CCCCC2)CC1. The fraction of sp³-hybridized carbons (Fsp3) is 1.00. The third-order valence-corrected chi connectivity index (χ3v) is 4.78. The van der Waals surface area contributed by atoms with Crippen molar-refractivity contribution < 1.29 is 5.11 Å². The first kappa shape index (κ1) is 15.2. The molecule has 1 heterocycles. The second-order valence-corrected chi connectivity index (χ2v) is 6.20. The van der Waals surface area contributed by atoms with Gasteiger partial charge in [-0.25, -0.2) is 0 Å². The third-order valence-electron chi connectivity index (χ3n) is 4.78. The van der Waals surface area contributed by atoms with Crippen molar-refractivity contribution in [1.29, 1.82) is 0 Å². The number of aliphatic hydroxyl groups is 1. The van der Waals surface area contributed by atoms with E-state index >= 15 is 0 Å². The molecule has 1 aliphatic carbocycles. The topological polar surface area (TPSA) is 30.0 Å². The largest absolute Gasteiger partial charge is 0.395 e. The Labute approximate surface area is 118 Å². The van der Waals surface area contributed by atoms with E-state index in [9.17, 15) is 5.11 Å². The van der Waals surface area contributed by atoms with Gasteiger partial charge in [0, 0.05) is 51.9 Å². The molecule has 4 nitrogen and oxygen atoms in total. The Morgan fingerprint density at radius 1 is 1.00 bits per heavy atom. The molecule has 1 aliphatic heterocycles. The number of nitrogens with zero attached hydrogens (tertiary/aromatic N) is 3. The molecular weight excluding hydrogens is 238 g/mol. The van der Waals surface area contributed by atoms with E-state index in [0.29, 0.717) is 6.61 Å². The van der Waals surface area contributed by atoms with Crippen molar-refractivity contribution in [3.05, 3.63) is 0 Å². The van der Waals surface area contributed by atoms with Gasteiger partial charge in [0.25, 0.3) is 0 Å². The molecule has 0 aromatic carbocycles. The maximum absolute atomic E-state index is 9.28. The predicted molar refractivity (Wildman–Crippen MR) is 79.5 cm³/mol. The van der Waals surface area contributed by atoms with Gasteiger partial charge in [0.05, 0.1) is 6.61 Å². The zero-order valence-electron chi connectivity index (χ0n) is 12.6. The summed E-state index contributed by atoms with van der Waals surface area (Å²) in [5.41, 5.74) is 0. The Hall–Kier alpha value is -0.160. The lowest BCUT2D eigenvalue weighted by molar-refractivity contribution is 0.0920. The zero-order valence-corrected chi connectivity index (χ0v) is 12.6. The number of piperazine rings is 1. The summed E-state index contributed by atoms with van der Waals surface area (Å²) in [6.45, 7) is 8.27. The van der Waals surface area contributed by atoms with Crippen LogP contribution in [0.3, 0.4) is 0 Å². The highest BCUT2D eigenvalue weighted by Crippen LogP contribution is 2.22. The van der Waals surface area contributed by atoms with Gasteiger partial charge in [0.1, 0.15) is 0 Å². The Morgan fingerprint density at radius 2 is 1.68 bits per heavy atom. The predicted octanol–water partition coefficient (Wildman–Crippen LogP) is 0.861. The summed E-state index contributed by atoms with van der Waals surface area (Å²) >= 11 is 0. The van der Waals surface area contributed by atoms with Crippen molar-refractivity contribution in [3.63, 3.8) is 0 Å². The lowest BCUT2D eigenvalue weighted by atomic mass is 9.94. The second-order valence-electron chi connectivity index (χ2n) is 6.20. The molecule has 0 radical (unpaired) electrons. The highest BCUT2D eigenvalue weighted by Gasteiger charge is 2.21. The van der Waals surface area contributed by atoms with E-state index in [1.165, 1.54) is 64.8 Å². The van der Waals surface area contributed by atoms with E-state index in [-0.39, 0.29) is 0 Å². The lowest BCUT2D eigenvalue weighted by Crippen LogP contribution is -2.48. The van der Waals surface area contributed by atoms with Crippen LogP contribution >= 0.6 is 0 Å². The van der Waals surface area contributed by atoms with Gasteiger partial charge in [0.15, 0.2) is 0 Å². The summed E-state index contributed by atoms with van der Waals surface area (Å²) in [5.74, 6) is 0. The Bertz CT molecular complexity index is 236. The van der Waals surface area contributed by atoms with Gasteiger partial charge in [-0.2, -0.15) is 0 Å². The molecule has 4 heteroatoms. The quantitative estimate of drug-likeness (QED) is 0.775. The molecule has 1 saturated heterocycles. The van der Waals surface area contributed by atoms with Gasteiger partial charge < -0.3 is 10.0 Å². The highest BCUT2D eigenvalue weighted by molar-refractivity contribution is 4.78. The molecule has 0 spiro atoms. The van der Waals surface area contributed by atoms with Crippen molar-refractivity contribution >= 4 is 0 Å². The molecule has 2 aliphatic rings. The standard InChI is InChI=1S/C15H31N3O/c1-16-7-9-17(10-8-16)11-12-18(13-14-19)15-5-3-2-4-6-15/h15,19H,2-14H2,1H3. The molecule has 19 heavy (non-hydrogen) atoms. The number of hydrogen-bond acceptors (Lipinski definition) is 4. The van der Waals surface area contributed by atoms with Gasteiger partial charge in [-0.05, 0) is 19.9 Å². The Morgan fingerprint density at radius 3 is 2.32 bits per heavy atom. The fourth-order valence-electron chi connectivity index (χ4n) is 3.39. The smallest absolute Gasteiger partial charge is 0.0558 e. The average molecular weight is 269 g/mol. The van der Waals surface area contributed by atoms with Crippen LogP contribution < -0.4 is 0 Å². The van der Waals surface area contributed by atoms with Crippen molar-refractivity contribution in [2.45, 2.75) is 38.1 Å². The first-order valence-corrected chi connectivity index (χ1v) is 8.05.